The van der Waals surface area contributed by atoms with Gasteiger partial charge < -0.3 is 15.5 Å². The molecule has 2 aromatic carbocycles. The number of hydrogen-bond acceptors (Lipinski definition) is 3. The number of rotatable bonds is 9. The summed E-state index contributed by atoms with van der Waals surface area (Å²) < 4.78 is 28.5. The third-order valence-corrected chi connectivity index (χ3v) is 8.51. The molecule has 1 saturated heterocycles. The van der Waals surface area contributed by atoms with Crippen molar-refractivity contribution in [2.45, 2.75) is 77.2 Å². The Morgan fingerprint density at radius 2 is 1.72 bits per heavy atom. The molecule has 1 atom stereocenters. The van der Waals surface area contributed by atoms with Crippen LogP contribution >= 0.6 is 11.6 Å². The largest absolute Gasteiger partial charge is 0.349 e. The first-order chi connectivity index (χ1) is 18.7. The topological polar surface area (TPSA) is 61.4 Å². The van der Waals surface area contributed by atoms with Crippen LogP contribution in [0, 0.1) is 23.5 Å². The van der Waals surface area contributed by atoms with Gasteiger partial charge in [0.15, 0.2) is 0 Å². The van der Waals surface area contributed by atoms with Gasteiger partial charge in [-0.05, 0) is 92.6 Å². The number of nitrogens with one attached hydrogen (secondary N) is 2. The average molecular weight is 560 g/mol. The van der Waals surface area contributed by atoms with E-state index in [2.05, 4.69) is 15.5 Å². The maximum Gasteiger partial charge on any atom is 0.226 e. The Kier molecular flexibility index (Phi) is 10.4. The second-order valence-corrected chi connectivity index (χ2v) is 11.8. The molecule has 1 saturated carbocycles. The molecule has 1 aliphatic carbocycles. The van der Waals surface area contributed by atoms with Crippen molar-refractivity contribution in [3.63, 3.8) is 0 Å². The van der Waals surface area contributed by atoms with Crippen molar-refractivity contribution in [2.24, 2.45) is 11.8 Å². The Morgan fingerprint density at radius 3 is 2.38 bits per heavy atom. The molecule has 1 heterocycles. The molecule has 2 N–H and O–H groups in total. The maximum absolute atomic E-state index is 14.7. The van der Waals surface area contributed by atoms with Crippen LogP contribution in [0.4, 0.5) is 14.5 Å². The summed E-state index contributed by atoms with van der Waals surface area (Å²) in [6.07, 6.45) is 7.38. The first-order valence-electron chi connectivity index (χ1n) is 14.3. The molecule has 1 aliphatic heterocycles. The van der Waals surface area contributed by atoms with Crippen LogP contribution in [-0.2, 0) is 9.59 Å². The molecule has 1 unspecified atom stereocenters. The molecule has 212 valence electrons. The molecule has 2 fully saturated rings. The molecule has 2 amide bonds. The number of piperidine rings is 1. The number of amides is 2. The fourth-order valence-electron chi connectivity index (χ4n) is 5.74. The zero-order valence-corrected chi connectivity index (χ0v) is 23.7. The van der Waals surface area contributed by atoms with Gasteiger partial charge in [-0.15, -0.1) is 0 Å². The molecule has 2 aliphatic rings. The number of carbonyl (C=O) groups is 2. The van der Waals surface area contributed by atoms with Gasteiger partial charge in [-0.25, -0.2) is 8.78 Å². The van der Waals surface area contributed by atoms with Gasteiger partial charge >= 0.3 is 0 Å². The number of carbonyl (C=O) groups excluding carboxylic acids is 2. The lowest BCUT2D eigenvalue weighted by Gasteiger charge is -2.34. The van der Waals surface area contributed by atoms with Crippen molar-refractivity contribution in [3.05, 3.63) is 64.2 Å². The Morgan fingerprint density at radius 1 is 1.00 bits per heavy atom. The second-order valence-electron chi connectivity index (χ2n) is 11.3. The zero-order valence-electron chi connectivity index (χ0n) is 22.9. The minimum atomic E-state index is -0.400. The third kappa shape index (κ3) is 8.01. The summed E-state index contributed by atoms with van der Waals surface area (Å²) in [5.74, 6) is -0.733. The first kappa shape index (κ1) is 29.5. The van der Waals surface area contributed by atoms with E-state index < -0.39 is 5.82 Å². The molecule has 39 heavy (non-hydrogen) atoms. The smallest absolute Gasteiger partial charge is 0.226 e. The SMILES string of the molecule is CC(C)C(=O)Nc1ccc(F)c(C2CCN(CCC(NC(=O)C3CCCCC3)c3ccc(F)cc3Cl)CC2)c1. The van der Waals surface area contributed by atoms with Crippen molar-refractivity contribution in [3.8, 4) is 0 Å². The van der Waals surface area contributed by atoms with Crippen molar-refractivity contribution >= 4 is 29.1 Å². The Balaban J connectivity index is 1.37. The quantitative estimate of drug-likeness (QED) is 0.341. The maximum atomic E-state index is 14.7. The van der Waals surface area contributed by atoms with Crippen LogP contribution in [0.1, 0.15) is 88.3 Å². The van der Waals surface area contributed by atoms with Gasteiger partial charge in [0.2, 0.25) is 11.8 Å². The van der Waals surface area contributed by atoms with E-state index in [1.165, 1.54) is 24.6 Å². The van der Waals surface area contributed by atoms with Crippen LogP contribution in [0.15, 0.2) is 36.4 Å². The Bertz CT molecular complexity index is 1140. The average Bonchev–Trinajstić information content (AvgIpc) is 2.93. The van der Waals surface area contributed by atoms with Crippen LogP contribution < -0.4 is 10.6 Å². The van der Waals surface area contributed by atoms with E-state index in [4.69, 9.17) is 11.6 Å². The fraction of sp³-hybridized carbons (Fsp3) is 0.548. The molecule has 4 rings (SSSR count). The standard InChI is InChI=1S/C31H40ClF2N3O2/c1-20(2)30(38)35-24-9-11-28(34)26(19-24)21-12-15-37(16-13-21)17-14-29(25-10-8-23(33)18-27(25)32)36-31(39)22-6-4-3-5-7-22/h8-11,18-22,29H,3-7,12-17H2,1-2H3,(H,35,38)(H,36,39). The summed E-state index contributed by atoms with van der Waals surface area (Å²) in [5, 5.41) is 6.41. The van der Waals surface area contributed by atoms with E-state index in [-0.39, 0.29) is 41.4 Å². The summed E-state index contributed by atoms with van der Waals surface area (Å²) in [5.41, 5.74) is 2.01. The predicted molar refractivity (Wildman–Crippen MR) is 152 cm³/mol. The molecular weight excluding hydrogens is 520 g/mol. The normalized spacial score (nSPS) is 18.2. The van der Waals surface area contributed by atoms with Crippen molar-refractivity contribution in [1.82, 2.24) is 10.2 Å². The van der Waals surface area contributed by atoms with Crippen molar-refractivity contribution < 1.29 is 18.4 Å². The van der Waals surface area contributed by atoms with Gasteiger partial charge in [0.1, 0.15) is 11.6 Å². The van der Waals surface area contributed by atoms with Crippen LogP contribution in [0.3, 0.4) is 0 Å². The lowest BCUT2D eigenvalue weighted by molar-refractivity contribution is -0.126. The Hall–Kier alpha value is -2.51. The molecule has 0 spiro atoms. The van der Waals surface area contributed by atoms with Crippen LogP contribution in [0.25, 0.3) is 0 Å². The van der Waals surface area contributed by atoms with Crippen LogP contribution in [0.2, 0.25) is 5.02 Å². The summed E-state index contributed by atoms with van der Waals surface area (Å²) in [6.45, 7) is 5.99. The first-order valence-corrected chi connectivity index (χ1v) is 14.7. The molecule has 5 nitrogen and oxygen atoms in total. The van der Waals surface area contributed by atoms with Gasteiger partial charge in [0.05, 0.1) is 6.04 Å². The monoisotopic (exact) mass is 559 g/mol. The van der Waals surface area contributed by atoms with Gasteiger partial charge in [-0.3, -0.25) is 9.59 Å². The van der Waals surface area contributed by atoms with Gasteiger partial charge in [-0.1, -0.05) is 50.8 Å². The molecule has 0 aromatic heterocycles. The van der Waals surface area contributed by atoms with Crippen molar-refractivity contribution in [1.29, 1.82) is 0 Å². The number of likely N-dealkylation sites (tertiary alicyclic amines) is 1. The number of hydrogen-bond donors (Lipinski definition) is 2. The van der Waals surface area contributed by atoms with Crippen LogP contribution in [-0.4, -0.2) is 36.3 Å². The summed E-state index contributed by atoms with van der Waals surface area (Å²) in [4.78, 5) is 27.5. The third-order valence-electron chi connectivity index (χ3n) is 8.18. The highest BCUT2D eigenvalue weighted by molar-refractivity contribution is 6.31. The minimum absolute atomic E-state index is 0.0206. The molecule has 8 heteroatoms. The lowest BCUT2D eigenvalue weighted by Crippen LogP contribution is -2.39. The second kappa shape index (κ2) is 13.7. The predicted octanol–water partition coefficient (Wildman–Crippen LogP) is 7.22. The number of benzene rings is 2. The molecule has 2 aromatic rings. The Labute approximate surface area is 235 Å². The summed E-state index contributed by atoms with van der Waals surface area (Å²) in [6, 6.07) is 8.86. The highest BCUT2D eigenvalue weighted by Crippen LogP contribution is 2.33. The number of halogens is 3. The highest BCUT2D eigenvalue weighted by atomic mass is 35.5. The van der Waals surface area contributed by atoms with Gasteiger partial charge in [-0.2, -0.15) is 0 Å². The van der Waals surface area contributed by atoms with E-state index in [0.29, 0.717) is 22.7 Å². The van der Waals surface area contributed by atoms with Gasteiger partial charge in [0, 0.05) is 29.1 Å². The molecule has 0 bridgehead atoms. The minimum Gasteiger partial charge on any atom is -0.349 e. The summed E-state index contributed by atoms with van der Waals surface area (Å²) >= 11 is 6.41. The van der Waals surface area contributed by atoms with E-state index >= 15 is 0 Å². The van der Waals surface area contributed by atoms with E-state index in [9.17, 15) is 18.4 Å². The van der Waals surface area contributed by atoms with E-state index in [1.54, 1.807) is 18.2 Å². The highest BCUT2D eigenvalue weighted by Gasteiger charge is 2.27. The van der Waals surface area contributed by atoms with E-state index in [0.717, 1.165) is 63.7 Å². The van der Waals surface area contributed by atoms with Crippen molar-refractivity contribution in [2.75, 3.05) is 25.0 Å². The van der Waals surface area contributed by atoms with Crippen LogP contribution in [0.5, 0.6) is 0 Å². The molecule has 0 radical (unpaired) electrons. The summed E-state index contributed by atoms with van der Waals surface area (Å²) in [7, 11) is 0. The fourth-order valence-corrected chi connectivity index (χ4v) is 6.04. The number of anilines is 1. The lowest BCUT2D eigenvalue weighted by atomic mass is 9.88. The molecular formula is C31H40ClF2N3O2. The zero-order chi connectivity index (χ0) is 27.9. The van der Waals surface area contributed by atoms with E-state index in [1.807, 2.05) is 13.8 Å². The number of nitrogens with zero attached hydrogens (tertiary/aromatic N) is 1. The van der Waals surface area contributed by atoms with Gasteiger partial charge in [0.25, 0.3) is 0 Å².